The van der Waals surface area contributed by atoms with Crippen LogP contribution in [-0.2, 0) is 0 Å². The Kier molecular flexibility index (Phi) is 4.29. The Morgan fingerprint density at radius 2 is 1.92 bits per heavy atom. The first-order chi connectivity index (χ1) is 12.0. The summed E-state index contributed by atoms with van der Waals surface area (Å²) in [5.41, 5.74) is -0.237. The fraction of sp³-hybridized carbons (Fsp3) is 0.188. The molecule has 0 aromatic heterocycles. The molecule has 1 amide bonds. The molecule has 0 radical (unpaired) electrons. The minimum atomic E-state index is -0.702. The maximum atomic E-state index is 12.7. The SMILES string of the molecule is COc1ccc(NC(=O)c2c([N+](=O)[O-])cc3c(c2OC)OCO3)cc1. The molecule has 130 valence electrons. The molecule has 2 aromatic carbocycles. The third-order valence-electron chi connectivity index (χ3n) is 3.57. The fourth-order valence-corrected chi connectivity index (χ4v) is 2.43. The van der Waals surface area contributed by atoms with E-state index in [1.807, 2.05) is 0 Å². The molecule has 9 heteroatoms. The Morgan fingerprint density at radius 3 is 2.52 bits per heavy atom. The topological polar surface area (TPSA) is 109 Å². The van der Waals surface area contributed by atoms with Crippen LogP contribution in [0.2, 0.25) is 0 Å². The van der Waals surface area contributed by atoms with Crippen molar-refractivity contribution in [1.29, 1.82) is 0 Å². The number of methoxy groups -OCH3 is 2. The predicted octanol–water partition coefficient (Wildman–Crippen LogP) is 2.59. The molecule has 0 bridgehead atoms. The molecule has 0 atom stereocenters. The molecule has 1 heterocycles. The van der Waals surface area contributed by atoms with E-state index in [0.29, 0.717) is 11.4 Å². The number of carbonyl (C=O) groups excluding carboxylic acids is 1. The van der Waals surface area contributed by atoms with Crippen LogP contribution in [0.4, 0.5) is 11.4 Å². The molecule has 0 aliphatic carbocycles. The molecule has 0 saturated heterocycles. The van der Waals surface area contributed by atoms with Crippen molar-refractivity contribution in [2.45, 2.75) is 0 Å². The standard InChI is InChI=1S/C16H14N2O7/c1-22-10-5-3-9(4-6-10)17-16(19)13-11(18(20)21)7-12-14(15(13)23-2)25-8-24-12/h3-7H,8H2,1-2H3,(H,17,19). The fourth-order valence-electron chi connectivity index (χ4n) is 2.43. The average Bonchev–Trinajstić information content (AvgIpc) is 3.08. The van der Waals surface area contributed by atoms with Crippen LogP contribution in [0.5, 0.6) is 23.0 Å². The van der Waals surface area contributed by atoms with Crippen molar-refractivity contribution in [1.82, 2.24) is 0 Å². The molecule has 0 saturated carbocycles. The lowest BCUT2D eigenvalue weighted by molar-refractivity contribution is -0.385. The van der Waals surface area contributed by atoms with Gasteiger partial charge < -0.3 is 24.3 Å². The Morgan fingerprint density at radius 1 is 1.20 bits per heavy atom. The first kappa shape index (κ1) is 16.4. The maximum Gasteiger partial charge on any atom is 0.289 e. The minimum absolute atomic E-state index is 0.0484. The van der Waals surface area contributed by atoms with Crippen LogP contribution in [0, 0.1) is 10.1 Å². The lowest BCUT2D eigenvalue weighted by Crippen LogP contribution is -2.15. The van der Waals surface area contributed by atoms with Crippen molar-refractivity contribution >= 4 is 17.3 Å². The van der Waals surface area contributed by atoms with Crippen molar-refractivity contribution in [3.05, 3.63) is 46.0 Å². The van der Waals surface area contributed by atoms with Crippen molar-refractivity contribution in [3.63, 3.8) is 0 Å². The number of fused-ring (bicyclic) bond motifs is 1. The first-order valence-corrected chi connectivity index (χ1v) is 7.15. The molecule has 1 aliphatic heterocycles. The molecule has 9 nitrogen and oxygen atoms in total. The highest BCUT2D eigenvalue weighted by Crippen LogP contribution is 2.47. The lowest BCUT2D eigenvalue weighted by Gasteiger charge is -2.12. The van der Waals surface area contributed by atoms with Crippen LogP contribution in [0.1, 0.15) is 10.4 Å². The number of anilines is 1. The van der Waals surface area contributed by atoms with Crippen molar-refractivity contribution in [2.75, 3.05) is 26.3 Å². The summed E-state index contributed by atoms with van der Waals surface area (Å²) in [6, 6.07) is 7.68. The molecule has 1 N–H and O–H groups in total. The molecule has 1 aliphatic rings. The van der Waals surface area contributed by atoms with Crippen LogP contribution < -0.4 is 24.3 Å². The van der Waals surface area contributed by atoms with E-state index in [2.05, 4.69) is 5.32 Å². The van der Waals surface area contributed by atoms with Gasteiger partial charge in [-0.3, -0.25) is 14.9 Å². The summed E-state index contributed by atoms with van der Waals surface area (Å²) in [6.07, 6.45) is 0. The third-order valence-corrected chi connectivity index (χ3v) is 3.57. The molecule has 25 heavy (non-hydrogen) atoms. The number of nitro groups is 1. The predicted molar refractivity (Wildman–Crippen MR) is 86.7 cm³/mol. The number of benzene rings is 2. The molecular weight excluding hydrogens is 332 g/mol. The largest absolute Gasteiger partial charge is 0.497 e. The van der Waals surface area contributed by atoms with E-state index < -0.39 is 16.5 Å². The van der Waals surface area contributed by atoms with Gasteiger partial charge in [0, 0.05) is 5.69 Å². The van der Waals surface area contributed by atoms with Gasteiger partial charge in [-0.25, -0.2) is 0 Å². The van der Waals surface area contributed by atoms with Crippen molar-refractivity contribution in [3.8, 4) is 23.0 Å². The molecule has 0 unspecified atom stereocenters. The van der Waals surface area contributed by atoms with Crippen molar-refractivity contribution < 1.29 is 28.7 Å². The van der Waals surface area contributed by atoms with Crippen LogP contribution in [0.15, 0.2) is 30.3 Å². The number of nitro benzene ring substituents is 1. The molecule has 0 spiro atoms. The summed E-state index contributed by atoms with van der Waals surface area (Å²) in [5.74, 6) is 0.182. The van der Waals surface area contributed by atoms with Crippen LogP contribution >= 0.6 is 0 Å². The second-order valence-electron chi connectivity index (χ2n) is 4.98. The van der Waals surface area contributed by atoms with Crippen molar-refractivity contribution in [2.24, 2.45) is 0 Å². The summed E-state index contributed by atoms with van der Waals surface area (Å²) in [6.45, 7) is -0.105. The van der Waals surface area contributed by atoms with Gasteiger partial charge in [0.25, 0.3) is 11.6 Å². The van der Waals surface area contributed by atoms with E-state index >= 15 is 0 Å². The highest BCUT2D eigenvalue weighted by molar-refractivity contribution is 6.10. The van der Waals surface area contributed by atoms with Gasteiger partial charge in [0.05, 0.1) is 25.2 Å². The van der Waals surface area contributed by atoms with Crippen LogP contribution in [0.25, 0.3) is 0 Å². The quantitative estimate of drug-likeness (QED) is 0.654. The smallest absolute Gasteiger partial charge is 0.289 e. The van der Waals surface area contributed by atoms with E-state index in [4.69, 9.17) is 18.9 Å². The summed E-state index contributed by atoms with van der Waals surface area (Å²) in [4.78, 5) is 23.4. The molecular formula is C16H14N2O7. The molecule has 3 rings (SSSR count). The molecule has 2 aromatic rings. The van der Waals surface area contributed by atoms with Gasteiger partial charge in [-0.1, -0.05) is 0 Å². The maximum absolute atomic E-state index is 12.7. The Balaban J connectivity index is 2.02. The van der Waals surface area contributed by atoms with E-state index in [1.54, 1.807) is 24.3 Å². The highest BCUT2D eigenvalue weighted by atomic mass is 16.7. The number of carbonyl (C=O) groups is 1. The van der Waals surface area contributed by atoms with E-state index in [-0.39, 0.29) is 29.6 Å². The normalized spacial score (nSPS) is 11.8. The van der Waals surface area contributed by atoms with Gasteiger partial charge in [0.15, 0.2) is 17.1 Å². The van der Waals surface area contributed by atoms with Gasteiger partial charge in [-0.2, -0.15) is 0 Å². The zero-order valence-electron chi connectivity index (χ0n) is 13.4. The van der Waals surface area contributed by atoms with Gasteiger partial charge in [-0.05, 0) is 24.3 Å². The summed E-state index contributed by atoms with van der Waals surface area (Å²) in [7, 11) is 2.82. The minimum Gasteiger partial charge on any atom is -0.497 e. The number of ether oxygens (including phenoxy) is 4. The average molecular weight is 346 g/mol. The number of nitrogens with zero attached hydrogens (tertiary/aromatic N) is 1. The number of hydrogen-bond acceptors (Lipinski definition) is 7. The Labute approximate surface area is 142 Å². The third kappa shape index (κ3) is 2.99. The van der Waals surface area contributed by atoms with Gasteiger partial charge in [-0.15, -0.1) is 0 Å². The van der Waals surface area contributed by atoms with E-state index in [1.165, 1.54) is 14.2 Å². The summed E-state index contributed by atoms with van der Waals surface area (Å²) < 4.78 is 20.6. The highest BCUT2D eigenvalue weighted by Gasteiger charge is 2.34. The summed E-state index contributed by atoms with van der Waals surface area (Å²) >= 11 is 0. The van der Waals surface area contributed by atoms with Gasteiger partial charge >= 0.3 is 0 Å². The van der Waals surface area contributed by atoms with Crippen LogP contribution in [-0.4, -0.2) is 31.8 Å². The Bertz CT molecular complexity index is 833. The van der Waals surface area contributed by atoms with Gasteiger partial charge in [0.2, 0.25) is 12.5 Å². The van der Waals surface area contributed by atoms with E-state index in [0.717, 1.165) is 6.07 Å². The van der Waals surface area contributed by atoms with Crippen LogP contribution in [0.3, 0.4) is 0 Å². The second-order valence-corrected chi connectivity index (χ2v) is 4.98. The lowest BCUT2D eigenvalue weighted by atomic mass is 10.1. The Hall–Kier alpha value is -3.49. The number of hydrogen-bond donors (Lipinski definition) is 1. The number of nitrogens with one attached hydrogen (secondary N) is 1. The molecule has 0 fully saturated rings. The summed E-state index contributed by atoms with van der Waals surface area (Å²) in [5, 5.41) is 14.0. The second kappa shape index (κ2) is 6.56. The number of amides is 1. The number of rotatable bonds is 5. The van der Waals surface area contributed by atoms with Gasteiger partial charge in [0.1, 0.15) is 5.75 Å². The van der Waals surface area contributed by atoms with E-state index in [9.17, 15) is 14.9 Å². The zero-order chi connectivity index (χ0) is 18.0. The zero-order valence-corrected chi connectivity index (χ0v) is 13.4. The monoisotopic (exact) mass is 346 g/mol. The first-order valence-electron chi connectivity index (χ1n) is 7.15.